The summed E-state index contributed by atoms with van der Waals surface area (Å²) in [6.45, 7) is 0.715. The number of carbonyl (C=O) groups is 1. The van der Waals surface area contributed by atoms with Crippen LogP contribution in [0.15, 0.2) is 0 Å². The van der Waals surface area contributed by atoms with Crippen LogP contribution in [0.3, 0.4) is 0 Å². The number of ketones is 1. The lowest BCUT2D eigenvalue weighted by atomic mass is 10.1. The highest BCUT2D eigenvalue weighted by Gasteiger charge is 2.18. The summed E-state index contributed by atoms with van der Waals surface area (Å²) in [5, 5.41) is 8.97. The maximum Gasteiger partial charge on any atom is 0.146 e. The number of hydrogen-bond donors (Lipinski definition) is 1. The highest BCUT2D eigenvalue weighted by atomic mass is 19.1. The van der Waals surface area contributed by atoms with Crippen LogP contribution in [0.25, 0.3) is 0 Å². The van der Waals surface area contributed by atoms with Crippen molar-refractivity contribution in [1.82, 2.24) is 4.90 Å². The molecular weight excluding hydrogens is 161 g/mol. The third kappa shape index (κ3) is 2.87. The second-order valence-electron chi connectivity index (χ2n) is 3.19. The zero-order valence-electron chi connectivity index (χ0n) is 7.00. The van der Waals surface area contributed by atoms with E-state index in [1.165, 1.54) is 0 Å². The van der Waals surface area contributed by atoms with Gasteiger partial charge in [0.2, 0.25) is 0 Å². The molecule has 1 unspecified atom stereocenters. The zero-order valence-corrected chi connectivity index (χ0v) is 7.00. The van der Waals surface area contributed by atoms with E-state index in [1.54, 1.807) is 4.90 Å². The fourth-order valence-corrected chi connectivity index (χ4v) is 1.41. The van der Waals surface area contributed by atoms with Crippen molar-refractivity contribution >= 4 is 5.78 Å². The molecule has 0 bridgehead atoms. The van der Waals surface area contributed by atoms with Crippen LogP contribution in [0.5, 0.6) is 0 Å². The van der Waals surface area contributed by atoms with Crippen molar-refractivity contribution in [3.8, 4) is 0 Å². The molecule has 1 rings (SSSR count). The van der Waals surface area contributed by atoms with E-state index in [0.29, 0.717) is 13.0 Å². The maximum atomic E-state index is 11.9. The van der Waals surface area contributed by atoms with Gasteiger partial charge < -0.3 is 5.11 Å². The number of rotatable bonds is 3. The molecule has 1 saturated heterocycles. The zero-order chi connectivity index (χ0) is 8.97. The molecule has 0 aromatic carbocycles. The van der Waals surface area contributed by atoms with Crippen LogP contribution in [0.4, 0.5) is 4.39 Å². The average molecular weight is 175 g/mol. The van der Waals surface area contributed by atoms with Gasteiger partial charge in [0.05, 0.1) is 12.6 Å². The van der Waals surface area contributed by atoms with E-state index in [4.69, 9.17) is 5.11 Å². The molecule has 70 valence electrons. The first-order valence-corrected chi connectivity index (χ1v) is 4.20. The largest absolute Gasteiger partial charge is 0.389 e. The summed E-state index contributed by atoms with van der Waals surface area (Å²) in [7, 11) is 0. The van der Waals surface area contributed by atoms with Crippen LogP contribution in [0.2, 0.25) is 0 Å². The number of halogens is 1. The lowest BCUT2D eigenvalue weighted by Crippen LogP contribution is -2.40. The van der Waals surface area contributed by atoms with Crippen LogP contribution in [-0.4, -0.2) is 48.2 Å². The molecule has 4 heteroatoms. The van der Waals surface area contributed by atoms with E-state index in [1.807, 2.05) is 0 Å². The normalized spacial score (nSPS) is 22.7. The van der Waals surface area contributed by atoms with Crippen molar-refractivity contribution < 1.29 is 14.3 Å². The predicted octanol–water partition coefficient (Wildman–Crippen LogP) is -0.0183. The molecule has 1 aliphatic rings. The van der Waals surface area contributed by atoms with Gasteiger partial charge in [-0.3, -0.25) is 9.69 Å². The SMILES string of the molecule is O=C1CCCN(CC(O)CF)C1. The van der Waals surface area contributed by atoms with Gasteiger partial charge in [0.15, 0.2) is 0 Å². The molecule has 1 heterocycles. The van der Waals surface area contributed by atoms with Crippen LogP contribution >= 0.6 is 0 Å². The van der Waals surface area contributed by atoms with Crippen molar-refractivity contribution in [1.29, 1.82) is 0 Å². The van der Waals surface area contributed by atoms with Crippen molar-refractivity contribution in [2.24, 2.45) is 0 Å². The third-order valence-electron chi connectivity index (χ3n) is 1.98. The van der Waals surface area contributed by atoms with Gasteiger partial charge in [0.1, 0.15) is 12.5 Å². The number of piperidine rings is 1. The van der Waals surface area contributed by atoms with Crippen molar-refractivity contribution in [3.05, 3.63) is 0 Å². The minimum atomic E-state index is -0.934. The van der Waals surface area contributed by atoms with Gasteiger partial charge in [-0.25, -0.2) is 4.39 Å². The third-order valence-corrected chi connectivity index (χ3v) is 1.98. The number of hydrogen-bond acceptors (Lipinski definition) is 3. The molecule has 0 aromatic heterocycles. The summed E-state index contributed by atoms with van der Waals surface area (Å²) < 4.78 is 11.9. The Balaban J connectivity index is 2.27. The van der Waals surface area contributed by atoms with Gasteiger partial charge in [-0.2, -0.15) is 0 Å². The van der Waals surface area contributed by atoms with Gasteiger partial charge in [0.25, 0.3) is 0 Å². The number of nitrogens with zero attached hydrogens (tertiary/aromatic N) is 1. The first kappa shape index (κ1) is 9.61. The molecule has 0 saturated carbocycles. The van der Waals surface area contributed by atoms with E-state index in [-0.39, 0.29) is 12.3 Å². The number of aliphatic hydroxyl groups excluding tert-OH is 1. The van der Waals surface area contributed by atoms with E-state index in [2.05, 4.69) is 0 Å². The Hall–Kier alpha value is -0.480. The summed E-state index contributed by atoms with van der Waals surface area (Å²) in [5.41, 5.74) is 0. The number of carbonyl (C=O) groups excluding carboxylic acids is 1. The highest BCUT2D eigenvalue weighted by Crippen LogP contribution is 2.06. The molecule has 1 N–H and O–H groups in total. The second-order valence-corrected chi connectivity index (χ2v) is 3.19. The maximum absolute atomic E-state index is 11.9. The molecule has 0 amide bonds. The van der Waals surface area contributed by atoms with Gasteiger partial charge in [-0.1, -0.05) is 0 Å². The monoisotopic (exact) mass is 175 g/mol. The fourth-order valence-electron chi connectivity index (χ4n) is 1.41. The molecule has 1 atom stereocenters. The van der Waals surface area contributed by atoms with Gasteiger partial charge in [-0.05, 0) is 13.0 Å². The van der Waals surface area contributed by atoms with E-state index < -0.39 is 12.8 Å². The van der Waals surface area contributed by atoms with Crippen LogP contribution in [0.1, 0.15) is 12.8 Å². The van der Waals surface area contributed by atoms with Crippen molar-refractivity contribution in [2.45, 2.75) is 18.9 Å². The summed E-state index contributed by atoms with van der Waals surface area (Å²) in [6, 6.07) is 0. The molecule has 0 radical (unpaired) electrons. The Morgan fingerprint density at radius 3 is 3.00 bits per heavy atom. The summed E-state index contributed by atoms with van der Waals surface area (Å²) in [5.74, 6) is 0.187. The molecule has 1 aliphatic heterocycles. The molecule has 12 heavy (non-hydrogen) atoms. The first-order valence-electron chi connectivity index (χ1n) is 4.20. The Kier molecular flexibility index (Phi) is 3.62. The van der Waals surface area contributed by atoms with Gasteiger partial charge in [-0.15, -0.1) is 0 Å². The lowest BCUT2D eigenvalue weighted by Gasteiger charge is -2.26. The Morgan fingerprint density at radius 1 is 1.67 bits per heavy atom. The summed E-state index contributed by atoms with van der Waals surface area (Å²) in [4.78, 5) is 12.7. The summed E-state index contributed by atoms with van der Waals surface area (Å²) in [6.07, 6.45) is 0.524. The first-order chi connectivity index (χ1) is 5.72. The predicted molar refractivity (Wildman–Crippen MR) is 42.7 cm³/mol. The minimum absolute atomic E-state index is 0.187. The highest BCUT2D eigenvalue weighted by molar-refractivity contribution is 5.81. The molecule has 0 spiro atoms. The lowest BCUT2D eigenvalue weighted by molar-refractivity contribution is -0.122. The fraction of sp³-hybridized carbons (Fsp3) is 0.875. The number of Topliss-reactive ketones (excluding diaryl/α,β-unsaturated/α-hetero) is 1. The van der Waals surface area contributed by atoms with E-state index in [9.17, 15) is 9.18 Å². The second kappa shape index (κ2) is 4.52. The number of alkyl halides is 1. The molecular formula is C8H14FNO2. The molecule has 3 nitrogen and oxygen atoms in total. The average Bonchev–Trinajstić information content (AvgIpc) is 2.04. The molecule has 1 fully saturated rings. The minimum Gasteiger partial charge on any atom is -0.389 e. The smallest absolute Gasteiger partial charge is 0.146 e. The van der Waals surface area contributed by atoms with Crippen molar-refractivity contribution in [2.75, 3.05) is 26.3 Å². The standard InChI is InChI=1S/C8H14FNO2/c9-4-8(12)6-10-3-1-2-7(11)5-10/h8,12H,1-6H2. The number of β-amino-alcohol motifs (C(OH)–C–C–N with tert-alkyl or cyclic N) is 1. The van der Waals surface area contributed by atoms with Crippen LogP contribution in [-0.2, 0) is 4.79 Å². The Bertz CT molecular complexity index is 163. The molecule has 0 aromatic rings. The van der Waals surface area contributed by atoms with Crippen LogP contribution in [0, 0.1) is 0 Å². The Morgan fingerprint density at radius 2 is 2.42 bits per heavy atom. The number of aliphatic hydroxyl groups is 1. The van der Waals surface area contributed by atoms with Gasteiger partial charge in [0, 0.05) is 13.0 Å². The van der Waals surface area contributed by atoms with Crippen molar-refractivity contribution in [3.63, 3.8) is 0 Å². The summed E-state index contributed by atoms with van der Waals surface area (Å²) >= 11 is 0. The Labute approximate surface area is 71.2 Å². The van der Waals surface area contributed by atoms with Crippen LogP contribution < -0.4 is 0 Å². The topological polar surface area (TPSA) is 40.5 Å². The van der Waals surface area contributed by atoms with E-state index >= 15 is 0 Å². The quantitative estimate of drug-likeness (QED) is 0.655. The number of likely N-dealkylation sites (tertiary alicyclic amines) is 1. The molecule has 0 aliphatic carbocycles. The van der Waals surface area contributed by atoms with E-state index in [0.717, 1.165) is 13.0 Å². The van der Waals surface area contributed by atoms with Gasteiger partial charge >= 0.3 is 0 Å².